The Morgan fingerprint density at radius 2 is 2.00 bits per heavy atom. The number of esters is 1. The SMILES string of the molecule is CCOC(=O)[C@@H]1C(=O)N(CCCOC)c2nc3ccccc3n2[C@@H]1c1cccc(Br)c1. The molecular weight excluding hydrogens is 462 g/mol. The third-order valence-electron chi connectivity index (χ3n) is 5.41. The fourth-order valence-corrected chi connectivity index (χ4v) is 4.53. The first kappa shape index (κ1) is 21.5. The van der Waals surface area contributed by atoms with Crippen LogP contribution in [0.2, 0.25) is 0 Å². The van der Waals surface area contributed by atoms with Crippen LogP contribution < -0.4 is 4.90 Å². The van der Waals surface area contributed by atoms with Crippen LogP contribution in [0.3, 0.4) is 0 Å². The zero-order valence-corrected chi connectivity index (χ0v) is 19.0. The lowest BCUT2D eigenvalue weighted by atomic mass is 9.89. The molecule has 0 fully saturated rings. The van der Waals surface area contributed by atoms with Gasteiger partial charge < -0.3 is 14.0 Å². The van der Waals surface area contributed by atoms with Gasteiger partial charge in [0.25, 0.3) is 0 Å². The molecule has 1 aromatic heterocycles. The van der Waals surface area contributed by atoms with Crippen molar-refractivity contribution < 1.29 is 19.1 Å². The molecule has 4 rings (SSSR count). The van der Waals surface area contributed by atoms with Crippen molar-refractivity contribution in [1.82, 2.24) is 9.55 Å². The van der Waals surface area contributed by atoms with Crippen LogP contribution in [0.4, 0.5) is 5.95 Å². The van der Waals surface area contributed by atoms with Gasteiger partial charge >= 0.3 is 5.97 Å². The van der Waals surface area contributed by atoms with Crippen molar-refractivity contribution >= 4 is 44.8 Å². The molecule has 2 atom stereocenters. The largest absolute Gasteiger partial charge is 0.465 e. The standard InChI is InChI=1S/C23H24BrN3O4/c1-3-31-22(29)19-20(15-8-6-9-16(24)14-15)27-18-11-5-4-10-17(18)25-23(27)26(21(19)28)12-7-13-30-2/h4-6,8-11,14,19-20H,3,7,12-13H2,1-2H3/t19-,20+/m0/s1. The lowest BCUT2D eigenvalue weighted by molar-refractivity contribution is -0.153. The summed E-state index contributed by atoms with van der Waals surface area (Å²) in [5.41, 5.74) is 2.47. The lowest BCUT2D eigenvalue weighted by Crippen LogP contribution is -2.50. The summed E-state index contributed by atoms with van der Waals surface area (Å²) in [5.74, 6) is -1.31. The topological polar surface area (TPSA) is 73.7 Å². The molecule has 2 aromatic carbocycles. The molecule has 1 aliphatic rings. The van der Waals surface area contributed by atoms with Crippen molar-refractivity contribution in [2.24, 2.45) is 5.92 Å². The van der Waals surface area contributed by atoms with E-state index in [0.29, 0.717) is 25.5 Å². The van der Waals surface area contributed by atoms with Gasteiger partial charge in [-0.3, -0.25) is 14.5 Å². The van der Waals surface area contributed by atoms with E-state index in [1.165, 1.54) is 0 Å². The highest BCUT2D eigenvalue weighted by Gasteiger charge is 2.47. The smallest absolute Gasteiger partial charge is 0.321 e. The van der Waals surface area contributed by atoms with E-state index in [-0.39, 0.29) is 12.5 Å². The van der Waals surface area contributed by atoms with Gasteiger partial charge in [0, 0.05) is 24.7 Å². The number of benzene rings is 2. The number of halogens is 1. The molecule has 2 heterocycles. The van der Waals surface area contributed by atoms with Crippen LogP contribution in [0.25, 0.3) is 11.0 Å². The third-order valence-corrected chi connectivity index (χ3v) is 5.90. The van der Waals surface area contributed by atoms with Crippen LogP contribution in [0.15, 0.2) is 53.0 Å². The van der Waals surface area contributed by atoms with Crippen LogP contribution in [0.1, 0.15) is 24.9 Å². The van der Waals surface area contributed by atoms with E-state index in [1.54, 1.807) is 18.9 Å². The van der Waals surface area contributed by atoms with E-state index in [1.807, 2.05) is 53.1 Å². The second-order valence-electron chi connectivity index (χ2n) is 7.34. The number of fused-ring (bicyclic) bond motifs is 3. The van der Waals surface area contributed by atoms with Gasteiger partial charge in [0.1, 0.15) is 0 Å². The minimum absolute atomic E-state index is 0.203. The minimum Gasteiger partial charge on any atom is -0.465 e. The molecule has 0 saturated carbocycles. The summed E-state index contributed by atoms with van der Waals surface area (Å²) >= 11 is 3.52. The Kier molecular flexibility index (Phi) is 6.38. The Morgan fingerprint density at radius 3 is 2.74 bits per heavy atom. The second-order valence-corrected chi connectivity index (χ2v) is 8.25. The van der Waals surface area contributed by atoms with Gasteiger partial charge in [-0.25, -0.2) is 4.98 Å². The average molecular weight is 486 g/mol. The zero-order valence-electron chi connectivity index (χ0n) is 17.5. The summed E-state index contributed by atoms with van der Waals surface area (Å²) in [6.07, 6.45) is 0.628. The van der Waals surface area contributed by atoms with Gasteiger partial charge in [0.15, 0.2) is 5.92 Å². The highest BCUT2D eigenvalue weighted by Crippen LogP contribution is 2.41. The third kappa shape index (κ3) is 3.97. The van der Waals surface area contributed by atoms with Crippen LogP contribution in [0, 0.1) is 5.92 Å². The van der Waals surface area contributed by atoms with Gasteiger partial charge in [0.2, 0.25) is 11.9 Å². The first-order valence-electron chi connectivity index (χ1n) is 10.3. The molecule has 1 aliphatic heterocycles. The molecule has 0 aliphatic carbocycles. The molecule has 0 spiro atoms. The van der Waals surface area contributed by atoms with Crippen LogP contribution in [-0.4, -0.2) is 48.3 Å². The second kappa shape index (κ2) is 9.20. The molecule has 0 saturated heterocycles. The zero-order chi connectivity index (χ0) is 22.0. The maximum Gasteiger partial charge on any atom is 0.321 e. The Bertz CT molecular complexity index is 1110. The highest BCUT2D eigenvalue weighted by molar-refractivity contribution is 9.10. The minimum atomic E-state index is -1.01. The first-order valence-corrected chi connectivity index (χ1v) is 11.1. The molecule has 31 heavy (non-hydrogen) atoms. The number of aromatic nitrogens is 2. The number of rotatable bonds is 7. The predicted molar refractivity (Wildman–Crippen MR) is 121 cm³/mol. The molecule has 7 nitrogen and oxygen atoms in total. The first-order chi connectivity index (χ1) is 15.1. The monoisotopic (exact) mass is 485 g/mol. The number of anilines is 1. The lowest BCUT2D eigenvalue weighted by Gasteiger charge is -2.38. The van der Waals surface area contributed by atoms with Crippen molar-refractivity contribution in [2.45, 2.75) is 19.4 Å². The Hall–Kier alpha value is -2.71. The van der Waals surface area contributed by atoms with Gasteiger partial charge in [-0.15, -0.1) is 0 Å². The van der Waals surface area contributed by atoms with E-state index in [4.69, 9.17) is 14.5 Å². The molecule has 1 amide bonds. The Morgan fingerprint density at radius 1 is 1.19 bits per heavy atom. The van der Waals surface area contributed by atoms with E-state index >= 15 is 0 Å². The van der Waals surface area contributed by atoms with E-state index in [9.17, 15) is 9.59 Å². The number of amides is 1. The number of hydrogen-bond acceptors (Lipinski definition) is 5. The number of carbonyl (C=O) groups is 2. The summed E-state index contributed by atoms with van der Waals surface area (Å²) < 4.78 is 13.4. The number of nitrogens with zero attached hydrogens (tertiary/aromatic N) is 3. The van der Waals surface area contributed by atoms with Crippen LogP contribution in [-0.2, 0) is 19.1 Å². The number of methoxy groups -OCH3 is 1. The quantitative estimate of drug-likeness (QED) is 0.287. The van der Waals surface area contributed by atoms with Gasteiger partial charge in [-0.1, -0.05) is 40.2 Å². The van der Waals surface area contributed by atoms with E-state index in [2.05, 4.69) is 15.9 Å². The van der Waals surface area contributed by atoms with Crippen molar-refractivity contribution in [3.8, 4) is 0 Å². The maximum atomic E-state index is 13.7. The number of carbonyl (C=O) groups excluding carboxylic acids is 2. The summed E-state index contributed by atoms with van der Waals surface area (Å²) in [6.45, 7) is 2.85. The van der Waals surface area contributed by atoms with E-state index < -0.39 is 17.9 Å². The summed E-state index contributed by atoms with van der Waals surface area (Å²) in [6, 6.07) is 14.8. The summed E-state index contributed by atoms with van der Waals surface area (Å²) in [4.78, 5) is 33.1. The van der Waals surface area contributed by atoms with Crippen molar-refractivity contribution in [2.75, 3.05) is 31.8 Å². The normalized spacial score (nSPS) is 18.3. The van der Waals surface area contributed by atoms with Gasteiger partial charge in [-0.2, -0.15) is 0 Å². The predicted octanol–water partition coefficient (Wildman–Crippen LogP) is 3.95. The van der Waals surface area contributed by atoms with Crippen molar-refractivity contribution in [3.63, 3.8) is 0 Å². The van der Waals surface area contributed by atoms with Crippen LogP contribution >= 0.6 is 15.9 Å². The number of hydrogen-bond donors (Lipinski definition) is 0. The summed E-state index contributed by atoms with van der Waals surface area (Å²) in [5, 5.41) is 0. The number of para-hydroxylation sites is 2. The molecule has 0 bridgehead atoms. The molecule has 0 N–H and O–H groups in total. The van der Waals surface area contributed by atoms with Gasteiger partial charge in [0.05, 0.1) is 23.7 Å². The van der Waals surface area contributed by atoms with E-state index in [0.717, 1.165) is 21.1 Å². The number of imidazole rings is 1. The maximum absolute atomic E-state index is 13.7. The molecular formula is C23H24BrN3O4. The van der Waals surface area contributed by atoms with Crippen molar-refractivity contribution in [1.29, 1.82) is 0 Å². The van der Waals surface area contributed by atoms with Gasteiger partial charge in [-0.05, 0) is 43.2 Å². The van der Waals surface area contributed by atoms with Crippen molar-refractivity contribution in [3.05, 3.63) is 58.6 Å². The highest BCUT2D eigenvalue weighted by atomic mass is 79.9. The fraction of sp³-hybridized carbons (Fsp3) is 0.348. The Labute approximate surface area is 189 Å². The molecule has 0 unspecified atom stereocenters. The Balaban J connectivity index is 1.94. The van der Waals surface area contributed by atoms with Crippen LogP contribution in [0.5, 0.6) is 0 Å². The fourth-order valence-electron chi connectivity index (χ4n) is 4.12. The summed E-state index contributed by atoms with van der Waals surface area (Å²) in [7, 11) is 1.62. The molecule has 3 aromatic rings. The number of ether oxygens (including phenoxy) is 2. The average Bonchev–Trinajstić information content (AvgIpc) is 3.14. The molecule has 0 radical (unpaired) electrons. The molecule has 8 heteroatoms. The molecule has 162 valence electrons.